The van der Waals surface area contributed by atoms with Crippen molar-refractivity contribution in [3.63, 3.8) is 0 Å². The molecule has 17 heavy (non-hydrogen) atoms. The fourth-order valence-corrected chi connectivity index (χ4v) is 4.77. The average molecular weight is 353 g/mol. The van der Waals surface area contributed by atoms with E-state index in [-0.39, 0.29) is 10.8 Å². The molecule has 2 rings (SSSR count). The molecule has 92 valence electrons. The van der Waals surface area contributed by atoms with Crippen molar-refractivity contribution in [1.82, 2.24) is 4.72 Å². The Morgan fingerprint density at radius 2 is 2.06 bits per heavy atom. The quantitative estimate of drug-likeness (QED) is 0.888. The zero-order valence-corrected chi connectivity index (χ0v) is 12.5. The van der Waals surface area contributed by atoms with Crippen LogP contribution in [-0.4, -0.2) is 8.42 Å². The molecule has 2 heterocycles. The van der Waals surface area contributed by atoms with Crippen molar-refractivity contribution in [1.29, 1.82) is 0 Å². The molecular formula is C9H9BrN2O2S3. The molecule has 0 aliphatic carbocycles. The van der Waals surface area contributed by atoms with E-state index >= 15 is 0 Å². The normalized spacial score (nSPS) is 11.8. The SMILES string of the molecule is Nc1csc(S(=O)(=O)NCc2cc(Br)cs2)c1. The Morgan fingerprint density at radius 1 is 1.29 bits per heavy atom. The largest absolute Gasteiger partial charge is 0.398 e. The van der Waals surface area contributed by atoms with Crippen molar-refractivity contribution in [2.24, 2.45) is 0 Å². The molecule has 0 saturated carbocycles. The lowest BCUT2D eigenvalue weighted by Gasteiger charge is -2.02. The van der Waals surface area contributed by atoms with E-state index in [0.29, 0.717) is 5.69 Å². The third kappa shape index (κ3) is 3.29. The first kappa shape index (κ1) is 13.0. The number of nitrogen functional groups attached to an aromatic ring is 1. The molecular weight excluding hydrogens is 344 g/mol. The molecule has 0 aliphatic heterocycles. The van der Waals surface area contributed by atoms with Gasteiger partial charge in [-0.3, -0.25) is 0 Å². The Bertz CT molecular complexity index is 618. The lowest BCUT2D eigenvalue weighted by atomic mass is 10.5. The molecule has 0 saturated heterocycles. The first-order chi connectivity index (χ1) is 7.97. The summed E-state index contributed by atoms with van der Waals surface area (Å²) in [6.07, 6.45) is 0. The van der Waals surface area contributed by atoms with Crippen molar-refractivity contribution in [2.45, 2.75) is 10.8 Å². The summed E-state index contributed by atoms with van der Waals surface area (Å²) < 4.78 is 27.5. The number of nitrogens with one attached hydrogen (secondary N) is 1. The molecule has 0 aromatic carbocycles. The number of hydrogen-bond acceptors (Lipinski definition) is 5. The highest BCUT2D eigenvalue weighted by molar-refractivity contribution is 9.10. The number of nitrogens with two attached hydrogens (primary N) is 1. The molecule has 0 aliphatic rings. The van der Waals surface area contributed by atoms with Crippen LogP contribution in [0.25, 0.3) is 0 Å². The van der Waals surface area contributed by atoms with Gasteiger partial charge in [-0.05, 0) is 28.1 Å². The van der Waals surface area contributed by atoms with Gasteiger partial charge in [-0.25, -0.2) is 13.1 Å². The van der Waals surface area contributed by atoms with Crippen LogP contribution in [0.1, 0.15) is 4.88 Å². The summed E-state index contributed by atoms with van der Waals surface area (Å²) in [4.78, 5) is 0.949. The summed E-state index contributed by atoms with van der Waals surface area (Å²) in [6.45, 7) is 0.288. The van der Waals surface area contributed by atoms with Gasteiger partial charge in [-0.2, -0.15) is 0 Å². The van der Waals surface area contributed by atoms with E-state index in [9.17, 15) is 8.42 Å². The van der Waals surface area contributed by atoms with Gasteiger partial charge in [0.1, 0.15) is 4.21 Å². The Morgan fingerprint density at radius 3 is 2.59 bits per heavy atom. The molecule has 0 amide bonds. The second kappa shape index (κ2) is 5.07. The van der Waals surface area contributed by atoms with Crippen LogP contribution in [0.4, 0.5) is 5.69 Å². The maximum Gasteiger partial charge on any atom is 0.250 e. The second-order valence-corrected chi connectivity index (χ2v) is 8.07. The van der Waals surface area contributed by atoms with E-state index in [4.69, 9.17) is 5.73 Å². The average Bonchev–Trinajstić information content (AvgIpc) is 2.85. The number of thiophene rings is 2. The predicted octanol–water partition coefficient (Wildman–Crippen LogP) is 2.63. The molecule has 0 bridgehead atoms. The number of hydrogen-bond donors (Lipinski definition) is 2. The van der Waals surface area contributed by atoms with Crippen LogP contribution >= 0.6 is 38.6 Å². The molecule has 2 aromatic heterocycles. The van der Waals surface area contributed by atoms with Crippen LogP contribution in [0.5, 0.6) is 0 Å². The minimum absolute atomic E-state index is 0.241. The topological polar surface area (TPSA) is 72.2 Å². The minimum atomic E-state index is -3.45. The molecule has 0 spiro atoms. The Kier molecular flexibility index (Phi) is 3.88. The first-order valence-electron chi connectivity index (χ1n) is 4.54. The van der Waals surface area contributed by atoms with Gasteiger partial charge in [0, 0.05) is 32.3 Å². The van der Waals surface area contributed by atoms with Crippen molar-refractivity contribution in [3.05, 3.63) is 32.2 Å². The monoisotopic (exact) mass is 352 g/mol. The third-order valence-electron chi connectivity index (χ3n) is 1.92. The van der Waals surface area contributed by atoms with Gasteiger partial charge in [-0.1, -0.05) is 0 Å². The number of sulfonamides is 1. The summed E-state index contributed by atoms with van der Waals surface area (Å²) >= 11 is 5.93. The summed E-state index contributed by atoms with van der Waals surface area (Å²) in [5, 5.41) is 3.52. The highest BCUT2D eigenvalue weighted by atomic mass is 79.9. The van der Waals surface area contributed by atoms with E-state index in [1.54, 1.807) is 5.38 Å². The lowest BCUT2D eigenvalue weighted by molar-refractivity contribution is 0.584. The molecule has 2 aromatic rings. The van der Waals surface area contributed by atoms with Crippen molar-refractivity contribution < 1.29 is 8.42 Å². The Hall–Kier alpha value is -0.410. The van der Waals surface area contributed by atoms with Crippen molar-refractivity contribution in [2.75, 3.05) is 5.73 Å². The van der Waals surface area contributed by atoms with E-state index < -0.39 is 10.0 Å². The lowest BCUT2D eigenvalue weighted by Crippen LogP contribution is -2.21. The first-order valence-corrected chi connectivity index (χ1v) is 8.57. The van der Waals surface area contributed by atoms with Crippen LogP contribution in [-0.2, 0) is 16.6 Å². The molecule has 4 nitrogen and oxygen atoms in total. The summed E-state index contributed by atoms with van der Waals surface area (Å²) in [7, 11) is -3.45. The molecule has 8 heteroatoms. The fourth-order valence-electron chi connectivity index (χ4n) is 1.15. The van der Waals surface area contributed by atoms with E-state index in [1.807, 2.05) is 11.4 Å². The van der Waals surface area contributed by atoms with Gasteiger partial charge < -0.3 is 5.73 Å². The maximum atomic E-state index is 11.9. The molecule has 0 atom stereocenters. The predicted molar refractivity (Wildman–Crippen MR) is 74.8 cm³/mol. The van der Waals surface area contributed by atoms with Crippen molar-refractivity contribution in [3.8, 4) is 0 Å². The van der Waals surface area contributed by atoms with E-state index in [2.05, 4.69) is 20.7 Å². The van der Waals surface area contributed by atoms with Crippen molar-refractivity contribution >= 4 is 54.3 Å². The van der Waals surface area contributed by atoms with Gasteiger partial charge in [0.2, 0.25) is 10.0 Å². The Balaban J connectivity index is 2.08. The van der Waals surface area contributed by atoms with Gasteiger partial charge >= 0.3 is 0 Å². The zero-order chi connectivity index (χ0) is 12.5. The van der Waals surface area contributed by atoms with Gasteiger partial charge in [0.15, 0.2) is 0 Å². The van der Waals surface area contributed by atoms with Gasteiger partial charge in [0.25, 0.3) is 0 Å². The summed E-state index contributed by atoms with van der Waals surface area (Å²) in [5.74, 6) is 0. The van der Waals surface area contributed by atoms with Gasteiger partial charge in [0.05, 0.1) is 0 Å². The number of halogens is 1. The number of anilines is 1. The highest BCUT2D eigenvalue weighted by Crippen LogP contribution is 2.23. The number of rotatable bonds is 4. The van der Waals surface area contributed by atoms with Crippen LogP contribution in [0.2, 0.25) is 0 Å². The molecule has 0 radical (unpaired) electrons. The maximum absolute atomic E-state index is 11.9. The summed E-state index contributed by atoms with van der Waals surface area (Å²) in [6, 6.07) is 3.34. The molecule has 0 unspecified atom stereocenters. The van der Waals surface area contributed by atoms with Crippen LogP contribution in [0.15, 0.2) is 31.6 Å². The van der Waals surface area contributed by atoms with Crippen LogP contribution < -0.4 is 10.5 Å². The van der Waals surface area contributed by atoms with E-state index in [0.717, 1.165) is 20.7 Å². The smallest absolute Gasteiger partial charge is 0.250 e. The highest BCUT2D eigenvalue weighted by Gasteiger charge is 2.16. The van der Waals surface area contributed by atoms with Crippen LogP contribution in [0.3, 0.4) is 0 Å². The second-order valence-electron chi connectivity index (χ2n) is 3.25. The zero-order valence-electron chi connectivity index (χ0n) is 8.51. The molecule has 0 fully saturated rings. The van der Waals surface area contributed by atoms with Gasteiger partial charge in [-0.15, -0.1) is 22.7 Å². The van der Waals surface area contributed by atoms with E-state index in [1.165, 1.54) is 17.4 Å². The Labute approximate surface area is 116 Å². The summed E-state index contributed by atoms with van der Waals surface area (Å²) in [5.41, 5.74) is 5.97. The molecule has 3 N–H and O–H groups in total. The van der Waals surface area contributed by atoms with Crippen LogP contribution in [0, 0.1) is 0 Å². The standard InChI is InChI=1S/C9H9BrN2O2S3/c10-6-1-8(15-4-6)3-12-17(13,14)9-2-7(11)5-16-9/h1-2,4-5,12H,3,11H2. The minimum Gasteiger partial charge on any atom is -0.398 e. The fraction of sp³-hybridized carbons (Fsp3) is 0.111. The third-order valence-corrected chi connectivity index (χ3v) is 6.48.